The molecule has 0 aromatic heterocycles. The molecule has 0 spiro atoms. The molecule has 2 aliphatic rings. The van der Waals surface area contributed by atoms with Gasteiger partial charge in [0.1, 0.15) is 11.9 Å². The Labute approximate surface area is 214 Å². The lowest BCUT2D eigenvalue weighted by Crippen LogP contribution is -2.44. The Kier molecular flexibility index (Phi) is 9.00. The van der Waals surface area contributed by atoms with Crippen molar-refractivity contribution in [2.24, 2.45) is 4.99 Å². The molecule has 0 bridgehead atoms. The van der Waals surface area contributed by atoms with Crippen LogP contribution in [0.15, 0.2) is 53.5 Å². The molecule has 7 heteroatoms. The van der Waals surface area contributed by atoms with Gasteiger partial charge >= 0.3 is 0 Å². The summed E-state index contributed by atoms with van der Waals surface area (Å²) in [6.07, 6.45) is 2.67. The molecule has 1 N–H and O–H groups in total. The fraction of sp³-hybridized carbons (Fsp3) is 0.462. The molecular formula is C26H35IN4O2. The smallest absolute Gasteiger partial charge is 0.222 e. The van der Waals surface area contributed by atoms with Crippen molar-refractivity contribution < 1.29 is 9.53 Å². The lowest BCUT2D eigenvalue weighted by atomic mass is 9.98. The van der Waals surface area contributed by atoms with Crippen LogP contribution < -0.4 is 15.0 Å². The highest BCUT2D eigenvalue weighted by Gasteiger charge is 2.32. The Morgan fingerprint density at radius 1 is 1.24 bits per heavy atom. The summed E-state index contributed by atoms with van der Waals surface area (Å²) in [5.74, 6) is 2.43. The number of hydrogen-bond donors (Lipinski definition) is 1. The van der Waals surface area contributed by atoms with Crippen molar-refractivity contribution >= 4 is 41.5 Å². The number of amides is 1. The van der Waals surface area contributed by atoms with Crippen molar-refractivity contribution in [3.63, 3.8) is 0 Å². The second-order valence-electron chi connectivity index (χ2n) is 8.81. The zero-order valence-electron chi connectivity index (χ0n) is 19.8. The minimum absolute atomic E-state index is 0. The Morgan fingerprint density at radius 3 is 2.79 bits per heavy atom. The van der Waals surface area contributed by atoms with Gasteiger partial charge in [-0.25, -0.2) is 0 Å². The number of fused-ring (bicyclic) bond motifs is 1. The molecule has 2 aromatic carbocycles. The SMILES string of the molecule is CN=C(NCC(C)Oc1cccc(C)c1)N1CC(CCN2CCCC2=O)c2ccccc21.I. The van der Waals surface area contributed by atoms with E-state index in [4.69, 9.17) is 4.74 Å². The zero-order chi connectivity index (χ0) is 22.5. The maximum absolute atomic E-state index is 12.0. The largest absolute Gasteiger partial charge is 0.489 e. The van der Waals surface area contributed by atoms with Crippen molar-refractivity contribution in [3.8, 4) is 5.75 Å². The van der Waals surface area contributed by atoms with Gasteiger partial charge in [0.15, 0.2) is 5.96 Å². The number of aliphatic imine (C=N–C) groups is 1. The minimum Gasteiger partial charge on any atom is -0.489 e. The van der Waals surface area contributed by atoms with Gasteiger partial charge in [-0.1, -0.05) is 30.3 Å². The first-order valence-corrected chi connectivity index (χ1v) is 11.6. The van der Waals surface area contributed by atoms with E-state index < -0.39 is 0 Å². The third kappa shape index (κ3) is 6.19. The first kappa shape index (κ1) is 25.3. The molecule has 0 radical (unpaired) electrons. The Balaban J connectivity index is 0.00000306. The number of nitrogens with one attached hydrogen (secondary N) is 1. The van der Waals surface area contributed by atoms with Crippen molar-refractivity contribution in [2.45, 2.75) is 45.1 Å². The van der Waals surface area contributed by atoms with Crippen molar-refractivity contribution in [3.05, 3.63) is 59.7 Å². The van der Waals surface area contributed by atoms with E-state index in [9.17, 15) is 4.79 Å². The van der Waals surface area contributed by atoms with Gasteiger partial charge in [-0.15, -0.1) is 24.0 Å². The fourth-order valence-electron chi connectivity index (χ4n) is 4.69. The molecule has 2 heterocycles. The molecule has 2 aromatic rings. The maximum Gasteiger partial charge on any atom is 0.222 e. The number of hydrogen-bond acceptors (Lipinski definition) is 3. The number of aryl methyl sites for hydroxylation is 1. The molecule has 2 aliphatic heterocycles. The lowest BCUT2D eigenvalue weighted by Gasteiger charge is -2.25. The monoisotopic (exact) mass is 562 g/mol. The van der Waals surface area contributed by atoms with Crippen molar-refractivity contribution in [2.75, 3.05) is 38.1 Å². The average Bonchev–Trinajstić information content (AvgIpc) is 3.36. The van der Waals surface area contributed by atoms with Gasteiger partial charge in [-0.3, -0.25) is 9.79 Å². The Morgan fingerprint density at radius 2 is 2.06 bits per heavy atom. The van der Waals surface area contributed by atoms with Gasteiger partial charge in [-0.05, 0) is 56.0 Å². The number of benzene rings is 2. The van der Waals surface area contributed by atoms with Crippen LogP contribution in [-0.4, -0.2) is 56.1 Å². The van der Waals surface area contributed by atoms with E-state index in [1.54, 1.807) is 0 Å². The van der Waals surface area contributed by atoms with Gasteiger partial charge in [0, 0.05) is 44.7 Å². The summed E-state index contributed by atoms with van der Waals surface area (Å²) < 4.78 is 6.08. The third-order valence-electron chi connectivity index (χ3n) is 6.33. The van der Waals surface area contributed by atoms with Crippen molar-refractivity contribution in [1.82, 2.24) is 10.2 Å². The number of ether oxygens (including phenoxy) is 1. The van der Waals surface area contributed by atoms with E-state index in [1.165, 1.54) is 16.8 Å². The van der Waals surface area contributed by atoms with Gasteiger partial charge in [0.25, 0.3) is 0 Å². The van der Waals surface area contributed by atoms with Crippen LogP contribution in [0.25, 0.3) is 0 Å². The Hall–Kier alpha value is -2.29. The first-order chi connectivity index (χ1) is 15.5. The average molecular weight is 562 g/mol. The summed E-state index contributed by atoms with van der Waals surface area (Å²) in [5, 5.41) is 3.50. The number of anilines is 1. The van der Waals surface area contributed by atoms with E-state index in [1.807, 2.05) is 24.1 Å². The number of guanidine groups is 1. The van der Waals surface area contributed by atoms with Crippen LogP contribution in [-0.2, 0) is 4.79 Å². The van der Waals surface area contributed by atoms with E-state index in [0.29, 0.717) is 24.8 Å². The summed E-state index contributed by atoms with van der Waals surface area (Å²) in [6, 6.07) is 16.7. The molecule has 33 heavy (non-hydrogen) atoms. The van der Waals surface area contributed by atoms with Gasteiger partial charge in [0.2, 0.25) is 5.91 Å². The summed E-state index contributed by atoms with van der Waals surface area (Å²) in [5.41, 5.74) is 3.73. The van der Waals surface area contributed by atoms with Crippen LogP contribution in [0.3, 0.4) is 0 Å². The number of carbonyl (C=O) groups excluding carboxylic acids is 1. The number of rotatable bonds is 7. The number of para-hydroxylation sites is 1. The molecule has 0 aliphatic carbocycles. The second kappa shape index (κ2) is 11.7. The molecule has 2 atom stereocenters. The number of likely N-dealkylation sites (tertiary alicyclic amines) is 1. The van der Waals surface area contributed by atoms with Gasteiger partial charge in [0.05, 0.1) is 6.54 Å². The normalized spacial score (nSPS) is 18.7. The number of nitrogens with zero attached hydrogens (tertiary/aromatic N) is 3. The zero-order valence-corrected chi connectivity index (χ0v) is 22.1. The van der Waals surface area contributed by atoms with Crippen LogP contribution >= 0.6 is 24.0 Å². The highest BCUT2D eigenvalue weighted by molar-refractivity contribution is 14.0. The van der Waals surface area contributed by atoms with Crippen LogP contribution in [0.1, 0.15) is 43.2 Å². The topological polar surface area (TPSA) is 57.2 Å². The Bertz CT molecular complexity index is 980. The third-order valence-corrected chi connectivity index (χ3v) is 6.33. The fourth-order valence-corrected chi connectivity index (χ4v) is 4.69. The van der Waals surface area contributed by atoms with E-state index in [-0.39, 0.29) is 30.1 Å². The van der Waals surface area contributed by atoms with Crippen LogP contribution in [0.5, 0.6) is 5.75 Å². The van der Waals surface area contributed by atoms with Crippen LogP contribution in [0.4, 0.5) is 5.69 Å². The van der Waals surface area contributed by atoms with E-state index in [2.05, 4.69) is 65.5 Å². The summed E-state index contributed by atoms with van der Waals surface area (Å²) in [4.78, 5) is 20.9. The number of halogens is 1. The highest BCUT2D eigenvalue weighted by atomic mass is 127. The lowest BCUT2D eigenvalue weighted by molar-refractivity contribution is -0.127. The maximum atomic E-state index is 12.0. The minimum atomic E-state index is 0. The molecule has 2 unspecified atom stereocenters. The first-order valence-electron chi connectivity index (χ1n) is 11.6. The number of carbonyl (C=O) groups is 1. The molecule has 1 fully saturated rings. The predicted octanol–water partition coefficient (Wildman–Crippen LogP) is 4.57. The van der Waals surface area contributed by atoms with E-state index >= 15 is 0 Å². The molecule has 1 amide bonds. The van der Waals surface area contributed by atoms with Crippen molar-refractivity contribution in [1.29, 1.82) is 0 Å². The predicted molar refractivity (Wildman–Crippen MR) is 145 cm³/mol. The molecular weight excluding hydrogens is 527 g/mol. The quantitative estimate of drug-likeness (QED) is 0.305. The standard InChI is InChI=1S/C26H34N4O2.HI/c1-19-8-6-9-22(16-19)32-20(2)17-28-26(27-3)30-18-21(23-10-4-5-11-24(23)30)13-15-29-14-7-12-25(29)31;/h4-6,8-11,16,20-21H,7,12-15,17-18H2,1-3H3,(H,27,28);1H. The summed E-state index contributed by atoms with van der Waals surface area (Å²) in [6.45, 7) is 7.40. The molecule has 1 saturated heterocycles. The molecule has 0 saturated carbocycles. The van der Waals surface area contributed by atoms with Crippen LogP contribution in [0, 0.1) is 6.92 Å². The summed E-state index contributed by atoms with van der Waals surface area (Å²) in [7, 11) is 1.83. The molecule has 6 nitrogen and oxygen atoms in total. The van der Waals surface area contributed by atoms with E-state index in [0.717, 1.165) is 44.2 Å². The molecule has 4 rings (SSSR count). The molecule has 178 valence electrons. The summed E-state index contributed by atoms with van der Waals surface area (Å²) >= 11 is 0. The van der Waals surface area contributed by atoms with Gasteiger partial charge < -0.3 is 19.9 Å². The highest BCUT2D eigenvalue weighted by Crippen LogP contribution is 2.38. The van der Waals surface area contributed by atoms with Crippen LogP contribution in [0.2, 0.25) is 0 Å². The second-order valence-corrected chi connectivity index (χ2v) is 8.81. The van der Waals surface area contributed by atoms with Gasteiger partial charge in [-0.2, -0.15) is 0 Å².